The van der Waals surface area contributed by atoms with E-state index in [0.717, 1.165) is 4.90 Å². The molecule has 0 fully saturated rings. The van der Waals surface area contributed by atoms with Gasteiger partial charge in [0.15, 0.2) is 0 Å². The highest BCUT2D eigenvalue weighted by Gasteiger charge is 1.96. The van der Waals surface area contributed by atoms with Crippen LogP contribution >= 0.6 is 23.4 Å². The van der Waals surface area contributed by atoms with Gasteiger partial charge in [-0.3, -0.25) is 4.79 Å². The van der Waals surface area contributed by atoms with Crippen LogP contribution in [-0.4, -0.2) is 11.2 Å². The van der Waals surface area contributed by atoms with E-state index < -0.39 is 0 Å². The number of thioether (sulfide) groups is 1. The van der Waals surface area contributed by atoms with Gasteiger partial charge in [0.25, 0.3) is 0 Å². The van der Waals surface area contributed by atoms with E-state index in [0.29, 0.717) is 5.02 Å². The van der Waals surface area contributed by atoms with E-state index in [1.54, 1.807) is 6.20 Å². The van der Waals surface area contributed by atoms with Gasteiger partial charge in [0.1, 0.15) is 0 Å². The zero-order valence-electron chi connectivity index (χ0n) is 5.35. The van der Waals surface area contributed by atoms with Crippen LogP contribution in [0.3, 0.4) is 0 Å². The summed E-state index contributed by atoms with van der Waals surface area (Å²) in [5.41, 5.74) is -0.164. The van der Waals surface area contributed by atoms with Crippen LogP contribution in [0.1, 0.15) is 0 Å². The zero-order valence-corrected chi connectivity index (χ0v) is 6.92. The Morgan fingerprint density at radius 1 is 1.70 bits per heavy atom. The van der Waals surface area contributed by atoms with E-state index in [4.69, 9.17) is 11.6 Å². The minimum atomic E-state index is -0.164. The molecule has 1 rings (SSSR count). The maximum absolute atomic E-state index is 10.6. The summed E-state index contributed by atoms with van der Waals surface area (Å²) < 4.78 is 0. The molecule has 0 aliphatic carbocycles. The molecule has 0 saturated heterocycles. The molecular formula is C6H6ClNOS. The topological polar surface area (TPSA) is 32.9 Å². The molecule has 0 atom stereocenters. The van der Waals surface area contributed by atoms with Crippen molar-refractivity contribution in [1.82, 2.24) is 4.98 Å². The molecule has 0 radical (unpaired) electrons. The summed E-state index contributed by atoms with van der Waals surface area (Å²) in [5.74, 6) is 0. The van der Waals surface area contributed by atoms with Crippen molar-refractivity contribution >= 4 is 23.4 Å². The highest BCUT2D eigenvalue weighted by molar-refractivity contribution is 7.98. The smallest absolute Gasteiger partial charge is 0.249 e. The van der Waals surface area contributed by atoms with Crippen LogP contribution < -0.4 is 5.56 Å². The number of hydrogen-bond donors (Lipinski definition) is 1. The second-order valence-electron chi connectivity index (χ2n) is 1.71. The first-order chi connectivity index (χ1) is 4.74. The Hall–Kier alpha value is -0.410. The standard InChI is InChI=1S/C6H6ClNOS/c1-10-5-3-8-6(9)2-4(5)7/h2-3H,1H3,(H,8,9). The molecule has 0 aliphatic rings. The third-order valence-corrected chi connectivity index (χ3v) is 2.26. The Morgan fingerprint density at radius 3 is 2.90 bits per heavy atom. The number of hydrogen-bond acceptors (Lipinski definition) is 2. The summed E-state index contributed by atoms with van der Waals surface area (Å²) in [5, 5.41) is 0.510. The number of aromatic nitrogens is 1. The van der Waals surface area contributed by atoms with Crippen LogP contribution in [0, 0.1) is 0 Å². The largest absolute Gasteiger partial charge is 0.328 e. The van der Waals surface area contributed by atoms with Crippen LogP contribution in [0.5, 0.6) is 0 Å². The molecule has 1 heterocycles. The summed E-state index contributed by atoms with van der Waals surface area (Å²) in [6.45, 7) is 0. The van der Waals surface area contributed by atoms with E-state index in [-0.39, 0.29) is 5.56 Å². The molecular weight excluding hydrogens is 170 g/mol. The van der Waals surface area contributed by atoms with Crippen molar-refractivity contribution < 1.29 is 0 Å². The quantitative estimate of drug-likeness (QED) is 0.660. The van der Waals surface area contributed by atoms with Crippen LogP contribution in [0.2, 0.25) is 5.02 Å². The Kier molecular flexibility index (Phi) is 2.40. The van der Waals surface area contributed by atoms with Crippen LogP contribution in [0.15, 0.2) is 22.0 Å². The molecule has 1 aromatic rings. The van der Waals surface area contributed by atoms with E-state index >= 15 is 0 Å². The first-order valence-electron chi connectivity index (χ1n) is 2.66. The number of halogens is 1. The number of H-pyrrole nitrogens is 1. The van der Waals surface area contributed by atoms with Gasteiger partial charge >= 0.3 is 0 Å². The lowest BCUT2D eigenvalue weighted by atomic mass is 10.5. The molecule has 10 heavy (non-hydrogen) atoms. The van der Waals surface area contributed by atoms with Crippen molar-refractivity contribution in [3.8, 4) is 0 Å². The van der Waals surface area contributed by atoms with Crippen molar-refractivity contribution in [2.45, 2.75) is 4.90 Å². The van der Waals surface area contributed by atoms with Crippen molar-refractivity contribution in [1.29, 1.82) is 0 Å². The van der Waals surface area contributed by atoms with Crippen molar-refractivity contribution in [3.63, 3.8) is 0 Å². The molecule has 0 unspecified atom stereocenters. The maximum Gasteiger partial charge on any atom is 0.249 e. The Morgan fingerprint density at radius 2 is 2.40 bits per heavy atom. The minimum absolute atomic E-state index is 0.164. The lowest BCUT2D eigenvalue weighted by molar-refractivity contribution is 1.17. The SMILES string of the molecule is CSc1c[nH]c(=O)cc1Cl. The third kappa shape index (κ3) is 1.55. The lowest BCUT2D eigenvalue weighted by Crippen LogP contribution is -2.01. The average Bonchev–Trinajstić information content (AvgIpc) is 1.88. The average molecular weight is 176 g/mol. The molecule has 0 aromatic carbocycles. The van der Waals surface area contributed by atoms with Gasteiger partial charge in [-0.2, -0.15) is 0 Å². The molecule has 1 N–H and O–H groups in total. The van der Waals surface area contributed by atoms with Crippen LogP contribution in [0.4, 0.5) is 0 Å². The zero-order chi connectivity index (χ0) is 7.56. The Labute approximate surface area is 67.6 Å². The highest BCUT2D eigenvalue weighted by Crippen LogP contribution is 2.21. The van der Waals surface area contributed by atoms with E-state index in [2.05, 4.69) is 4.98 Å². The van der Waals surface area contributed by atoms with Gasteiger partial charge in [0.05, 0.1) is 5.02 Å². The Balaban J connectivity index is 3.19. The highest BCUT2D eigenvalue weighted by atomic mass is 35.5. The minimum Gasteiger partial charge on any atom is -0.328 e. The molecule has 0 aliphatic heterocycles. The lowest BCUT2D eigenvalue weighted by Gasteiger charge is -1.95. The van der Waals surface area contributed by atoms with Crippen LogP contribution in [-0.2, 0) is 0 Å². The number of nitrogens with one attached hydrogen (secondary N) is 1. The molecule has 0 bridgehead atoms. The van der Waals surface area contributed by atoms with Crippen molar-refractivity contribution in [2.75, 3.05) is 6.26 Å². The number of pyridine rings is 1. The molecule has 0 amide bonds. The molecule has 1 aromatic heterocycles. The summed E-state index contributed by atoms with van der Waals surface area (Å²) in [6.07, 6.45) is 3.51. The first-order valence-corrected chi connectivity index (χ1v) is 4.26. The van der Waals surface area contributed by atoms with E-state index in [1.807, 2.05) is 6.26 Å². The predicted molar refractivity (Wildman–Crippen MR) is 43.9 cm³/mol. The maximum atomic E-state index is 10.6. The van der Waals surface area contributed by atoms with Gasteiger partial charge in [-0.15, -0.1) is 11.8 Å². The normalized spacial score (nSPS) is 9.80. The summed E-state index contributed by atoms with van der Waals surface area (Å²) >= 11 is 7.19. The van der Waals surface area contributed by atoms with Gasteiger partial charge in [-0.05, 0) is 6.26 Å². The number of rotatable bonds is 1. The third-order valence-electron chi connectivity index (χ3n) is 1.06. The molecule has 54 valence electrons. The second-order valence-corrected chi connectivity index (χ2v) is 2.97. The number of aromatic amines is 1. The fourth-order valence-corrected chi connectivity index (χ4v) is 1.41. The monoisotopic (exact) mass is 175 g/mol. The summed E-state index contributed by atoms with van der Waals surface area (Å²) in [6, 6.07) is 1.37. The molecule has 4 heteroatoms. The summed E-state index contributed by atoms with van der Waals surface area (Å²) in [4.78, 5) is 14.0. The molecule has 0 saturated carbocycles. The van der Waals surface area contributed by atoms with E-state index in [1.165, 1.54) is 17.8 Å². The molecule has 0 spiro atoms. The fourth-order valence-electron chi connectivity index (χ4n) is 0.590. The van der Waals surface area contributed by atoms with Gasteiger partial charge < -0.3 is 4.98 Å². The van der Waals surface area contributed by atoms with Gasteiger partial charge in [-0.1, -0.05) is 11.6 Å². The van der Waals surface area contributed by atoms with E-state index in [9.17, 15) is 4.79 Å². The fraction of sp³-hybridized carbons (Fsp3) is 0.167. The van der Waals surface area contributed by atoms with Crippen LogP contribution in [0.25, 0.3) is 0 Å². The predicted octanol–water partition coefficient (Wildman–Crippen LogP) is 1.75. The first kappa shape index (κ1) is 7.69. The van der Waals surface area contributed by atoms with Gasteiger partial charge in [-0.25, -0.2) is 0 Å². The second kappa shape index (κ2) is 3.12. The van der Waals surface area contributed by atoms with Gasteiger partial charge in [0.2, 0.25) is 5.56 Å². The van der Waals surface area contributed by atoms with Crippen molar-refractivity contribution in [3.05, 3.63) is 27.6 Å². The van der Waals surface area contributed by atoms with Gasteiger partial charge in [0, 0.05) is 17.2 Å². The summed E-state index contributed by atoms with van der Waals surface area (Å²) in [7, 11) is 0. The molecule has 2 nitrogen and oxygen atoms in total. The Bertz CT molecular complexity index is 283. The van der Waals surface area contributed by atoms with Crippen molar-refractivity contribution in [2.24, 2.45) is 0 Å².